The summed E-state index contributed by atoms with van der Waals surface area (Å²) in [6, 6.07) is 42.6. The van der Waals surface area contributed by atoms with Gasteiger partial charge in [0.05, 0.1) is 18.0 Å². The maximum Gasteiger partial charge on any atom is 0.330 e. The number of hydrogen-bond donors (Lipinski definition) is 1. The van der Waals surface area contributed by atoms with E-state index in [2.05, 4.69) is 168 Å². The van der Waals surface area contributed by atoms with E-state index in [1.807, 2.05) is 0 Å². The van der Waals surface area contributed by atoms with Crippen LogP contribution in [-0.2, 0) is 13.6 Å². The van der Waals surface area contributed by atoms with Crippen molar-refractivity contribution in [1.82, 2.24) is 9.55 Å². The van der Waals surface area contributed by atoms with Gasteiger partial charge in [0, 0.05) is 17.5 Å². The largest absolute Gasteiger partial charge is 0.404 e. The van der Waals surface area contributed by atoms with Crippen LogP contribution in [0.4, 0.5) is 0 Å². The number of fused-ring (bicyclic) bond motifs is 2. The molecule has 54 heavy (non-hydrogen) atoms. The monoisotopic (exact) mass is 794 g/mol. The van der Waals surface area contributed by atoms with Gasteiger partial charge in [-0.2, -0.15) is 0 Å². The zero-order valence-corrected chi connectivity index (χ0v) is 35.7. The Labute approximate surface area is 328 Å². The number of nitrogens with one attached hydrogen (secondary N) is 1. The zero-order valence-electron chi connectivity index (χ0n) is 32.1. The lowest BCUT2D eigenvalue weighted by Crippen LogP contribution is -2.72. The van der Waals surface area contributed by atoms with E-state index in [1.54, 1.807) is 39.3 Å². The van der Waals surface area contributed by atoms with Crippen molar-refractivity contribution < 1.29 is 13.6 Å². The maximum absolute atomic E-state index is 13.6. The highest BCUT2D eigenvalue weighted by molar-refractivity contribution is 8.77. The first kappa shape index (κ1) is 38.8. The molecule has 1 N–H and O–H groups in total. The summed E-state index contributed by atoms with van der Waals surface area (Å²) in [4.78, 5) is 28.8. The van der Waals surface area contributed by atoms with Crippen molar-refractivity contribution in [3.63, 3.8) is 0 Å². The zero-order chi connectivity index (χ0) is 38.4. The highest BCUT2D eigenvalue weighted by Gasteiger charge is 2.65. The van der Waals surface area contributed by atoms with E-state index in [9.17, 15) is 9.59 Å². The van der Waals surface area contributed by atoms with E-state index in [1.165, 1.54) is 20.7 Å². The normalized spacial score (nSPS) is 21.9. The Balaban J connectivity index is 1.44. The van der Waals surface area contributed by atoms with Crippen LogP contribution in [0.25, 0.3) is 0 Å². The minimum Gasteiger partial charge on any atom is -0.404 e. The summed E-state index contributed by atoms with van der Waals surface area (Å²) < 4.78 is 24.7. The summed E-state index contributed by atoms with van der Waals surface area (Å²) in [5.74, 6) is 0.586. The number of aromatic amines is 1. The summed E-state index contributed by atoms with van der Waals surface area (Å²) >= 11 is 0. The van der Waals surface area contributed by atoms with Gasteiger partial charge in [0.1, 0.15) is 5.60 Å². The number of aromatic nitrogens is 2. The van der Waals surface area contributed by atoms with Gasteiger partial charge >= 0.3 is 5.69 Å². The quantitative estimate of drug-likeness (QED) is 0.130. The van der Waals surface area contributed by atoms with Crippen LogP contribution in [0.2, 0.25) is 10.1 Å². The first-order chi connectivity index (χ1) is 25.7. The van der Waals surface area contributed by atoms with Crippen LogP contribution in [0.15, 0.2) is 137 Å². The van der Waals surface area contributed by atoms with Crippen LogP contribution in [-0.4, -0.2) is 55.5 Å². The Kier molecular flexibility index (Phi) is 10.7. The fourth-order valence-corrected chi connectivity index (χ4v) is 21.2. The molecule has 7 nitrogen and oxygen atoms in total. The molecule has 2 aliphatic heterocycles. The first-order valence-corrected chi connectivity index (χ1v) is 24.8. The molecule has 2 saturated heterocycles. The van der Waals surface area contributed by atoms with Crippen LogP contribution in [0.1, 0.15) is 53.3 Å². The van der Waals surface area contributed by atoms with Crippen LogP contribution in [0.5, 0.6) is 0 Å². The lowest BCUT2D eigenvalue weighted by Gasteiger charge is -2.50. The summed E-state index contributed by atoms with van der Waals surface area (Å²) in [7, 11) is -2.70. The SMILES string of the molecule is Cc1cn([C@@H]2O[C@@]3(CO[Si](c4ccccc4)(c4ccccc4)C(C)(C)C)CSS[C@@H]2[C@@H]3O[Si](c2ccccc2)(c2ccccc2)C(C)(C)C)c(=O)[nH]c1=O. The first-order valence-electron chi connectivity index (χ1n) is 18.6. The predicted molar refractivity (Wildman–Crippen MR) is 229 cm³/mol. The molecule has 0 spiro atoms. The Bertz CT molecular complexity index is 2090. The van der Waals surface area contributed by atoms with Gasteiger partial charge in [-0.3, -0.25) is 14.3 Å². The van der Waals surface area contributed by atoms with E-state index < -0.39 is 45.8 Å². The molecule has 7 rings (SSSR count). The van der Waals surface area contributed by atoms with Gasteiger partial charge < -0.3 is 13.6 Å². The standard InChI is InChI=1S/C43H50N2O5S2Si2/c1-31-28-45(40(47)44-38(31)46)39-36-37(50-54(42(5,6)7,34-24-16-10-17-25-34)35-26-18-11-19-27-35)43(49-39,30-51-52-36)29-48-53(41(2,3)4,32-20-12-8-13-21-32)33-22-14-9-15-23-33/h8-28,36-37,39H,29-30H2,1-7H3,(H,44,46,47)/t36-,37+,39-,43+/m1/s1. The van der Waals surface area contributed by atoms with Gasteiger partial charge in [0.15, 0.2) is 6.23 Å². The Morgan fingerprint density at radius 3 is 1.63 bits per heavy atom. The summed E-state index contributed by atoms with van der Waals surface area (Å²) in [6.07, 6.45) is 0.449. The molecule has 0 amide bonds. The van der Waals surface area contributed by atoms with E-state index in [-0.39, 0.29) is 21.9 Å². The van der Waals surface area contributed by atoms with Gasteiger partial charge in [-0.15, -0.1) is 0 Å². The van der Waals surface area contributed by atoms with E-state index in [0.717, 1.165) is 0 Å². The molecule has 4 aromatic carbocycles. The Morgan fingerprint density at radius 2 is 1.19 bits per heavy atom. The molecule has 0 saturated carbocycles. The molecule has 2 fully saturated rings. The molecule has 11 heteroatoms. The minimum atomic E-state index is -3.12. The van der Waals surface area contributed by atoms with Crippen molar-refractivity contribution in [1.29, 1.82) is 0 Å². The Morgan fingerprint density at radius 1 is 0.741 bits per heavy atom. The summed E-state index contributed by atoms with van der Waals surface area (Å²) in [6.45, 7) is 15.7. The van der Waals surface area contributed by atoms with Crippen LogP contribution < -0.4 is 32.0 Å². The number of benzene rings is 4. The van der Waals surface area contributed by atoms with Crippen molar-refractivity contribution in [2.24, 2.45) is 0 Å². The second kappa shape index (κ2) is 14.9. The Hall–Kier alpha value is -3.43. The maximum atomic E-state index is 13.6. The molecule has 2 bridgehead atoms. The summed E-state index contributed by atoms with van der Waals surface area (Å²) in [5.41, 5.74) is -1.40. The number of rotatable bonds is 10. The van der Waals surface area contributed by atoms with Crippen molar-refractivity contribution in [2.45, 2.75) is 81.7 Å². The predicted octanol–water partition coefficient (Wildman–Crippen LogP) is 6.40. The lowest BCUT2D eigenvalue weighted by molar-refractivity contribution is -0.106. The van der Waals surface area contributed by atoms with E-state index in [0.29, 0.717) is 11.3 Å². The van der Waals surface area contributed by atoms with Gasteiger partial charge in [0.25, 0.3) is 22.2 Å². The highest BCUT2D eigenvalue weighted by Crippen LogP contribution is 2.57. The van der Waals surface area contributed by atoms with E-state index >= 15 is 0 Å². The molecule has 3 heterocycles. The van der Waals surface area contributed by atoms with Crippen molar-refractivity contribution in [3.8, 4) is 0 Å². The second-order valence-corrected chi connectivity index (χ2v) is 27.6. The van der Waals surface area contributed by atoms with Crippen LogP contribution in [0, 0.1) is 6.92 Å². The van der Waals surface area contributed by atoms with E-state index in [4.69, 9.17) is 13.6 Å². The average molecular weight is 795 g/mol. The lowest BCUT2D eigenvalue weighted by atomic mass is 10.00. The fraction of sp³-hybridized carbons (Fsp3) is 0.349. The molecule has 0 unspecified atom stereocenters. The molecule has 1 aromatic heterocycles. The molecular weight excluding hydrogens is 745 g/mol. The minimum absolute atomic E-state index is 0.251. The number of H-pyrrole nitrogens is 1. The third kappa shape index (κ3) is 6.65. The van der Waals surface area contributed by atoms with Crippen molar-refractivity contribution in [3.05, 3.63) is 154 Å². The van der Waals surface area contributed by atoms with Gasteiger partial charge in [0.2, 0.25) is 0 Å². The molecular formula is C43H50N2O5S2Si2. The summed E-state index contributed by atoms with van der Waals surface area (Å²) in [5, 5.41) is 3.84. The second-order valence-electron chi connectivity index (χ2n) is 16.5. The van der Waals surface area contributed by atoms with Crippen molar-refractivity contribution >= 4 is 59.0 Å². The number of hydrogen-bond acceptors (Lipinski definition) is 7. The number of aryl methyl sites for hydroxylation is 1. The molecule has 282 valence electrons. The average Bonchev–Trinajstić information content (AvgIpc) is 3.30. The topological polar surface area (TPSA) is 82.6 Å². The highest BCUT2D eigenvalue weighted by atomic mass is 33.1. The molecule has 4 atom stereocenters. The number of nitrogens with zero attached hydrogens (tertiary/aromatic N) is 1. The van der Waals surface area contributed by atoms with Crippen molar-refractivity contribution in [2.75, 3.05) is 12.4 Å². The molecule has 5 aromatic rings. The smallest absolute Gasteiger partial charge is 0.330 e. The van der Waals surface area contributed by atoms with Gasteiger partial charge in [-0.05, 0) is 37.7 Å². The fourth-order valence-electron chi connectivity index (χ4n) is 8.45. The van der Waals surface area contributed by atoms with Crippen LogP contribution >= 0.6 is 21.6 Å². The third-order valence-electron chi connectivity index (χ3n) is 11.0. The molecule has 0 radical (unpaired) electrons. The van der Waals surface area contributed by atoms with Crippen LogP contribution in [0.3, 0.4) is 0 Å². The molecule has 0 aliphatic carbocycles. The number of ether oxygens (including phenoxy) is 1. The van der Waals surface area contributed by atoms with Gasteiger partial charge in [-0.25, -0.2) is 4.79 Å². The molecule has 2 aliphatic rings. The third-order valence-corrected chi connectivity index (χ3v) is 23.9. The van der Waals surface area contributed by atoms with Gasteiger partial charge in [-0.1, -0.05) is 184 Å².